The first-order valence-corrected chi connectivity index (χ1v) is 12.4. The number of carbonyl (C=O) groups is 3. The van der Waals surface area contributed by atoms with Gasteiger partial charge in [-0.1, -0.05) is 17.8 Å². The molecule has 1 saturated heterocycles. The van der Waals surface area contributed by atoms with Crippen LogP contribution in [0.15, 0.2) is 33.3 Å². The molecule has 3 rings (SSSR count). The van der Waals surface area contributed by atoms with Crippen LogP contribution in [0.4, 0.5) is 0 Å². The summed E-state index contributed by atoms with van der Waals surface area (Å²) in [4.78, 5) is 40.1. The van der Waals surface area contributed by atoms with E-state index >= 15 is 0 Å². The summed E-state index contributed by atoms with van der Waals surface area (Å²) in [6.07, 6.45) is 3.04. The van der Waals surface area contributed by atoms with Crippen LogP contribution in [-0.4, -0.2) is 55.2 Å². The van der Waals surface area contributed by atoms with Gasteiger partial charge in [0.05, 0.1) is 41.1 Å². The lowest BCUT2D eigenvalue weighted by Crippen LogP contribution is -2.45. The number of amides is 2. The number of carbonyl (C=O) groups excluding carboxylic acids is 3. The van der Waals surface area contributed by atoms with Gasteiger partial charge < -0.3 is 19.7 Å². The van der Waals surface area contributed by atoms with Crippen LogP contribution < -0.4 is 10.1 Å². The standard InChI is InChI=1S/C23H26BrN3O5S/c1-13-6-4-5-9-27(13)18(28)12-33-22-15(11-25)19(20(21(29)26-22)23(30)32-3)14-7-8-17(31-2)16(24)10-14/h7-8,10,13,19-20H,4-6,9,12H2,1-3H3,(H,26,29)/t13-,19-,20+/m1/s1. The summed E-state index contributed by atoms with van der Waals surface area (Å²) in [7, 11) is 2.73. The number of methoxy groups -OCH3 is 2. The molecule has 0 aromatic heterocycles. The van der Waals surface area contributed by atoms with Crippen LogP contribution in [0, 0.1) is 17.2 Å². The van der Waals surface area contributed by atoms with E-state index in [1.165, 1.54) is 14.2 Å². The van der Waals surface area contributed by atoms with Crippen LogP contribution in [0.2, 0.25) is 0 Å². The van der Waals surface area contributed by atoms with E-state index in [1.54, 1.807) is 18.2 Å². The molecule has 1 N–H and O–H groups in total. The molecule has 0 unspecified atom stereocenters. The molecule has 33 heavy (non-hydrogen) atoms. The summed E-state index contributed by atoms with van der Waals surface area (Å²) in [6.45, 7) is 2.74. The van der Waals surface area contributed by atoms with Crippen LogP contribution in [0.3, 0.4) is 0 Å². The van der Waals surface area contributed by atoms with Crippen molar-refractivity contribution in [3.63, 3.8) is 0 Å². The molecule has 0 spiro atoms. The predicted octanol–water partition coefficient (Wildman–Crippen LogP) is 3.33. The summed E-state index contributed by atoms with van der Waals surface area (Å²) in [5, 5.41) is 13.0. The fraction of sp³-hybridized carbons (Fsp3) is 0.478. The number of allylic oxidation sites excluding steroid dienone is 1. The van der Waals surface area contributed by atoms with E-state index in [0.29, 0.717) is 22.3 Å². The highest BCUT2D eigenvalue weighted by atomic mass is 79.9. The number of rotatable bonds is 6. The number of thioether (sulfide) groups is 1. The van der Waals surface area contributed by atoms with Gasteiger partial charge in [-0.3, -0.25) is 14.4 Å². The first kappa shape index (κ1) is 25.1. The molecule has 3 atom stereocenters. The number of ether oxygens (including phenoxy) is 2. The summed E-state index contributed by atoms with van der Waals surface area (Å²) < 4.78 is 10.8. The molecular weight excluding hydrogens is 510 g/mol. The van der Waals surface area contributed by atoms with Gasteiger partial charge in [0.1, 0.15) is 11.7 Å². The van der Waals surface area contributed by atoms with Gasteiger partial charge in [0, 0.05) is 18.5 Å². The number of esters is 1. The molecule has 2 heterocycles. The number of likely N-dealkylation sites (tertiary alicyclic amines) is 1. The predicted molar refractivity (Wildman–Crippen MR) is 127 cm³/mol. The second-order valence-corrected chi connectivity index (χ2v) is 9.78. The maximum atomic E-state index is 13.0. The molecule has 1 fully saturated rings. The molecule has 0 aliphatic carbocycles. The zero-order valence-corrected chi connectivity index (χ0v) is 21.1. The number of hydrogen-bond donors (Lipinski definition) is 1. The Balaban J connectivity index is 1.96. The van der Waals surface area contributed by atoms with Crippen molar-refractivity contribution in [1.82, 2.24) is 10.2 Å². The van der Waals surface area contributed by atoms with Gasteiger partial charge in [-0.2, -0.15) is 5.26 Å². The van der Waals surface area contributed by atoms with Gasteiger partial charge in [-0.25, -0.2) is 0 Å². The third-order valence-corrected chi connectivity index (χ3v) is 7.60. The molecule has 2 aliphatic heterocycles. The summed E-state index contributed by atoms with van der Waals surface area (Å²) in [5.41, 5.74) is 0.796. The fourth-order valence-corrected chi connectivity index (χ4v) is 5.73. The lowest BCUT2D eigenvalue weighted by Gasteiger charge is -2.34. The Kier molecular flexibility index (Phi) is 8.43. The molecule has 10 heteroatoms. The van der Waals surface area contributed by atoms with Crippen molar-refractivity contribution in [2.45, 2.75) is 38.1 Å². The Morgan fingerprint density at radius 3 is 2.70 bits per heavy atom. The van der Waals surface area contributed by atoms with Crippen molar-refractivity contribution in [2.24, 2.45) is 5.92 Å². The third kappa shape index (κ3) is 5.36. The molecule has 8 nitrogen and oxygen atoms in total. The van der Waals surface area contributed by atoms with E-state index < -0.39 is 23.7 Å². The van der Waals surface area contributed by atoms with Gasteiger partial charge in [0.2, 0.25) is 11.8 Å². The lowest BCUT2D eigenvalue weighted by atomic mass is 9.78. The Labute approximate surface area is 205 Å². The zero-order chi connectivity index (χ0) is 24.1. The molecule has 1 aromatic carbocycles. The van der Waals surface area contributed by atoms with Crippen molar-refractivity contribution < 1.29 is 23.9 Å². The molecule has 2 aliphatic rings. The maximum Gasteiger partial charge on any atom is 0.319 e. The van der Waals surface area contributed by atoms with E-state index in [2.05, 4.69) is 27.3 Å². The minimum atomic E-state index is -1.23. The summed E-state index contributed by atoms with van der Waals surface area (Å²) in [6, 6.07) is 7.46. The number of nitriles is 1. The summed E-state index contributed by atoms with van der Waals surface area (Å²) in [5.74, 6) is -2.76. The largest absolute Gasteiger partial charge is 0.496 e. The molecule has 0 bridgehead atoms. The highest BCUT2D eigenvalue weighted by Crippen LogP contribution is 2.42. The second kappa shape index (κ2) is 11.1. The first-order valence-electron chi connectivity index (χ1n) is 10.6. The number of halogens is 1. The molecular formula is C23H26BrN3O5S. The number of hydrogen-bond acceptors (Lipinski definition) is 7. The van der Waals surface area contributed by atoms with Crippen LogP contribution in [0.25, 0.3) is 0 Å². The summed E-state index contributed by atoms with van der Waals surface area (Å²) >= 11 is 4.54. The number of benzene rings is 1. The van der Waals surface area contributed by atoms with Gasteiger partial charge in [-0.15, -0.1) is 0 Å². The van der Waals surface area contributed by atoms with Gasteiger partial charge in [0.15, 0.2) is 0 Å². The zero-order valence-electron chi connectivity index (χ0n) is 18.7. The van der Waals surface area contributed by atoms with E-state index in [0.717, 1.165) is 31.0 Å². The van der Waals surface area contributed by atoms with Crippen molar-refractivity contribution in [3.05, 3.63) is 38.8 Å². The fourth-order valence-electron chi connectivity index (χ4n) is 4.24. The molecule has 1 aromatic rings. The Hall–Kier alpha value is -2.51. The SMILES string of the molecule is COC(=O)[C@@H]1C(=O)NC(SCC(=O)N2CCCC[C@H]2C)=C(C#N)[C@H]1c1ccc(OC)c(Br)c1. The van der Waals surface area contributed by atoms with Crippen molar-refractivity contribution >= 4 is 45.5 Å². The van der Waals surface area contributed by atoms with Gasteiger partial charge in [0.25, 0.3) is 0 Å². The van der Waals surface area contributed by atoms with Crippen LogP contribution >= 0.6 is 27.7 Å². The van der Waals surface area contributed by atoms with E-state index in [-0.39, 0.29) is 28.3 Å². The monoisotopic (exact) mass is 535 g/mol. The Morgan fingerprint density at radius 2 is 2.09 bits per heavy atom. The van der Waals surface area contributed by atoms with E-state index in [9.17, 15) is 19.6 Å². The van der Waals surface area contributed by atoms with Gasteiger partial charge in [-0.05, 0) is 59.8 Å². The second-order valence-electron chi connectivity index (χ2n) is 7.94. The average Bonchev–Trinajstić information content (AvgIpc) is 2.81. The molecule has 2 amide bonds. The number of nitrogens with one attached hydrogen (secondary N) is 1. The van der Waals surface area contributed by atoms with E-state index in [4.69, 9.17) is 9.47 Å². The smallest absolute Gasteiger partial charge is 0.319 e. The third-order valence-electron chi connectivity index (χ3n) is 5.98. The van der Waals surface area contributed by atoms with Crippen molar-refractivity contribution in [3.8, 4) is 11.8 Å². The van der Waals surface area contributed by atoms with Crippen molar-refractivity contribution in [1.29, 1.82) is 5.26 Å². The Bertz CT molecular complexity index is 1020. The van der Waals surface area contributed by atoms with E-state index in [1.807, 2.05) is 11.8 Å². The van der Waals surface area contributed by atoms with Crippen LogP contribution in [-0.2, 0) is 19.1 Å². The molecule has 176 valence electrons. The quantitative estimate of drug-likeness (QED) is 0.439. The first-order chi connectivity index (χ1) is 15.8. The number of piperidine rings is 1. The maximum absolute atomic E-state index is 13.0. The number of nitrogens with zero attached hydrogens (tertiary/aromatic N) is 2. The van der Waals surface area contributed by atoms with Crippen LogP contribution in [0.1, 0.15) is 37.7 Å². The molecule has 0 radical (unpaired) electrons. The normalized spacial score (nSPS) is 22.9. The van der Waals surface area contributed by atoms with Crippen LogP contribution in [0.5, 0.6) is 5.75 Å². The lowest BCUT2D eigenvalue weighted by molar-refractivity contribution is -0.150. The average molecular weight is 536 g/mol. The Morgan fingerprint density at radius 1 is 1.33 bits per heavy atom. The highest BCUT2D eigenvalue weighted by molar-refractivity contribution is 9.10. The van der Waals surface area contributed by atoms with Gasteiger partial charge >= 0.3 is 5.97 Å². The highest BCUT2D eigenvalue weighted by Gasteiger charge is 2.44. The minimum Gasteiger partial charge on any atom is -0.496 e. The minimum absolute atomic E-state index is 0.0370. The topological polar surface area (TPSA) is 109 Å². The van der Waals surface area contributed by atoms with Crippen molar-refractivity contribution in [2.75, 3.05) is 26.5 Å². The molecule has 0 saturated carbocycles.